The van der Waals surface area contributed by atoms with Crippen LogP contribution < -0.4 is 4.74 Å². The summed E-state index contributed by atoms with van der Waals surface area (Å²) in [5.41, 5.74) is 0. The highest BCUT2D eigenvalue weighted by molar-refractivity contribution is 5.06. The molecule has 16 heavy (non-hydrogen) atoms. The van der Waals surface area contributed by atoms with Crippen molar-refractivity contribution < 1.29 is 4.74 Å². The van der Waals surface area contributed by atoms with Crippen LogP contribution in [-0.4, -0.2) is 40.9 Å². The number of nitrogens with zero attached hydrogens (tertiary/aromatic N) is 3. The smallest absolute Gasteiger partial charge is 0.232 e. The molecule has 1 saturated heterocycles. The maximum absolute atomic E-state index is 5.10. The molecule has 90 valence electrons. The van der Waals surface area contributed by atoms with E-state index < -0.39 is 0 Å². The van der Waals surface area contributed by atoms with Crippen molar-refractivity contribution in [2.75, 3.05) is 20.2 Å². The molecule has 4 heteroatoms. The van der Waals surface area contributed by atoms with E-state index in [9.17, 15) is 0 Å². The summed E-state index contributed by atoms with van der Waals surface area (Å²) in [6, 6.07) is 3.13. The molecule has 2 rings (SSSR count). The van der Waals surface area contributed by atoms with Crippen molar-refractivity contribution >= 4 is 0 Å². The largest absolute Gasteiger partial charge is 0.480 e. The first-order valence-corrected chi connectivity index (χ1v) is 6.04. The van der Waals surface area contributed by atoms with Crippen LogP contribution in [0.1, 0.15) is 32.7 Å². The minimum atomic E-state index is 0.541. The second-order valence-corrected chi connectivity index (χ2v) is 4.70. The Kier molecular flexibility index (Phi) is 3.49. The second-order valence-electron chi connectivity index (χ2n) is 4.70. The molecule has 0 N–H and O–H groups in total. The molecular weight excluding hydrogens is 202 g/mol. The van der Waals surface area contributed by atoms with E-state index in [1.165, 1.54) is 25.9 Å². The van der Waals surface area contributed by atoms with Gasteiger partial charge in [0.15, 0.2) is 0 Å². The van der Waals surface area contributed by atoms with Crippen LogP contribution in [0.3, 0.4) is 0 Å². The molecule has 0 amide bonds. The molecule has 1 aromatic heterocycles. The van der Waals surface area contributed by atoms with Crippen LogP contribution >= 0.6 is 0 Å². The maximum Gasteiger partial charge on any atom is 0.232 e. The molecule has 0 unspecified atom stereocenters. The molecule has 0 spiro atoms. The van der Waals surface area contributed by atoms with E-state index in [-0.39, 0.29) is 0 Å². The van der Waals surface area contributed by atoms with Crippen LogP contribution in [0.2, 0.25) is 0 Å². The summed E-state index contributed by atoms with van der Waals surface area (Å²) in [7, 11) is 1.66. The molecule has 0 radical (unpaired) electrons. The minimum Gasteiger partial charge on any atom is -0.480 e. The van der Waals surface area contributed by atoms with Crippen LogP contribution in [0.4, 0.5) is 0 Å². The number of piperidine rings is 1. The molecule has 1 aliphatic heterocycles. The Morgan fingerprint density at radius 1 is 1.38 bits per heavy atom. The number of hydrogen-bond donors (Lipinski definition) is 0. The van der Waals surface area contributed by atoms with Crippen LogP contribution in [0, 0.1) is 0 Å². The van der Waals surface area contributed by atoms with Gasteiger partial charge >= 0.3 is 0 Å². The number of hydrogen-bond acceptors (Lipinski definition) is 3. The van der Waals surface area contributed by atoms with E-state index >= 15 is 0 Å². The molecule has 0 aliphatic carbocycles. The van der Waals surface area contributed by atoms with E-state index in [4.69, 9.17) is 4.74 Å². The summed E-state index contributed by atoms with van der Waals surface area (Å²) < 4.78 is 7.15. The van der Waals surface area contributed by atoms with Crippen molar-refractivity contribution in [2.45, 2.75) is 38.8 Å². The molecule has 1 aromatic rings. The first-order chi connectivity index (χ1) is 7.70. The molecule has 0 saturated carbocycles. The van der Waals surface area contributed by atoms with Crippen molar-refractivity contribution in [1.82, 2.24) is 14.7 Å². The van der Waals surface area contributed by atoms with Gasteiger partial charge in [-0.05, 0) is 26.7 Å². The molecule has 0 aromatic carbocycles. The van der Waals surface area contributed by atoms with Crippen LogP contribution in [0.15, 0.2) is 12.3 Å². The highest BCUT2D eigenvalue weighted by atomic mass is 16.5. The fourth-order valence-corrected chi connectivity index (χ4v) is 2.30. The van der Waals surface area contributed by atoms with Crippen molar-refractivity contribution in [1.29, 1.82) is 0 Å². The number of aromatic nitrogens is 2. The quantitative estimate of drug-likeness (QED) is 0.784. The summed E-state index contributed by atoms with van der Waals surface area (Å²) >= 11 is 0. The topological polar surface area (TPSA) is 30.3 Å². The van der Waals surface area contributed by atoms with Gasteiger partial charge in [-0.15, -0.1) is 5.10 Å². The van der Waals surface area contributed by atoms with E-state index in [2.05, 4.69) is 28.5 Å². The van der Waals surface area contributed by atoms with Crippen molar-refractivity contribution in [2.24, 2.45) is 0 Å². The highest BCUT2D eigenvalue weighted by Gasteiger charge is 2.22. The first-order valence-electron chi connectivity index (χ1n) is 6.04. The van der Waals surface area contributed by atoms with Crippen molar-refractivity contribution in [3.05, 3.63) is 12.3 Å². The molecule has 0 bridgehead atoms. The predicted octanol–water partition coefficient (Wildman–Crippen LogP) is 1.94. The fourth-order valence-electron chi connectivity index (χ4n) is 2.30. The Morgan fingerprint density at radius 3 is 2.56 bits per heavy atom. The SMILES string of the molecule is COc1ccn(C2CCN(C(C)C)CC2)n1. The third-order valence-corrected chi connectivity index (χ3v) is 3.40. The van der Waals surface area contributed by atoms with Crippen molar-refractivity contribution in [3.63, 3.8) is 0 Å². The molecule has 2 heterocycles. The molecule has 1 fully saturated rings. The Labute approximate surface area is 97.2 Å². The molecule has 1 aliphatic rings. The number of rotatable bonds is 3. The fraction of sp³-hybridized carbons (Fsp3) is 0.750. The zero-order valence-electron chi connectivity index (χ0n) is 10.4. The lowest BCUT2D eigenvalue weighted by Crippen LogP contribution is -2.39. The lowest BCUT2D eigenvalue weighted by molar-refractivity contribution is 0.146. The van der Waals surface area contributed by atoms with Crippen LogP contribution in [-0.2, 0) is 0 Å². The second kappa shape index (κ2) is 4.87. The molecular formula is C12H21N3O. The van der Waals surface area contributed by atoms with Gasteiger partial charge in [-0.1, -0.05) is 0 Å². The first kappa shape index (κ1) is 11.5. The van der Waals surface area contributed by atoms with Crippen LogP contribution in [0.25, 0.3) is 0 Å². The van der Waals surface area contributed by atoms with Gasteiger partial charge in [0, 0.05) is 31.4 Å². The van der Waals surface area contributed by atoms with Gasteiger partial charge in [-0.2, -0.15) is 0 Å². The van der Waals surface area contributed by atoms with Crippen molar-refractivity contribution in [3.8, 4) is 5.88 Å². The molecule has 0 atom stereocenters. The summed E-state index contributed by atoms with van der Waals surface area (Å²) in [5.74, 6) is 0.714. The third-order valence-electron chi connectivity index (χ3n) is 3.40. The monoisotopic (exact) mass is 223 g/mol. The van der Waals surface area contributed by atoms with Gasteiger partial charge < -0.3 is 9.64 Å². The predicted molar refractivity (Wildman–Crippen MR) is 63.8 cm³/mol. The van der Waals surface area contributed by atoms with E-state index in [1.807, 2.05) is 12.3 Å². The standard InChI is InChI=1S/C12H21N3O/c1-10(2)14-7-4-11(5-8-14)15-9-6-12(13-15)16-3/h6,9-11H,4-5,7-8H2,1-3H3. The Hall–Kier alpha value is -1.03. The Bertz CT molecular complexity index is 327. The van der Waals surface area contributed by atoms with E-state index in [0.717, 1.165) is 0 Å². The highest BCUT2D eigenvalue weighted by Crippen LogP contribution is 2.23. The van der Waals surface area contributed by atoms with Gasteiger partial charge in [0.2, 0.25) is 5.88 Å². The third kappa shape index (κ3) is 2.38. The zero-order chi connectivity index (χ0) is 11.5. The average molecular weight is 223 g/mol. The summed E-state index contributed by atoms with van der Waals surface area (Å²) in [5, 5.41) is 4.40. The van der Waals surface area contributed by atoms with E-state index in [0.29, 0.717) is 18.0 Å². The van der Waals surface area contributed by atoms with Gasteiger partial charge in [-0.25, -0.2) is 0 Å². The number of ether oxygens (including phenoxy) is 1. The summed E-state index contributed by atoms with van der Waals surface area (Å²) in [6.07, 6.45) is 4.39. The lowest BCUT2D eigenvalue weighted by Gasteiger charge is -2.34. The van der Waals surface area contributed by atoms with Gasteiger partial charge in [-0.3, -0.25) is 4.68 Å². The van der Waals surface area contributed by atoms with Gasteiger partial charge in [0.1, 0.15) is 0 Å². The zero-order valence-corrected chi connectivity index (χ0v) is 10.4. The number of methoxy groups -OCH3 is 1. The minimum absolute atomic E-state index is 0.541. The average Bonchev–Trinajstić information content (AvgIpc) is 2.77. The number of likely N-dealkylation sites (tertiary alicyclic amines) is 1. The summed E-state index contributed by atoms with van der Waals surface area (Å²) in [6.45, 7) is 6.86. The maximum atomic E-state index is 5.10. The van der Waals surface area contributed by atoms with Gasteiger partial charge in [0.25, 0.3) is 0 Å². The van der Waals surface area contributed by atoms with Crippen LogP contribution in [0.5, 0.6) is 5.88 Å². The Morgan fingerprint density at radius 2 is 2.06 bits per heavy atom. The molecule has 4 nitrogen and oxygen atoms in total. The van der Waals surface area contributed by atoms with E-state index in [1.54, 1.807) is 7.11 Å². The lowest BCUT2D eigenvalue weighted by atomic mass is 10.0. The van der Waals surface area contributed by atoms with Gasteiger partial charge in [0.05, 0.1) is 13.2 Å². The Balaban J connectivity index is 1.93. The normalized spacial score (nSPS) is 19.2. The summed E-state index contributed by atoms with van der Waals surface area (Å²) in [4.78, 5) is 2.53.